The molecule has 0 aromatic heterocycles. The summed E-state index contributed by atoms with van der Waals surface area (Å²) < 4.78 is 12.9. The second kappa shape index (κ2) is 5.52. The molecule has 2 aromatic rings. The first-order valence-electron chi connectivity index (χ1n) is 6.05. The van der Waals surface area contributed by atoms with Crippen LogP contribution >= 0.6 is 0 Å². The summed E-state index contributed by atoms with van der Waals surface area (Å²) in [7, 11) is 0. The van der Waals surface area contributed by atoms with Gasteiger partial charge in [0.1, 0.15) is 5.82 Å². The van der Waals surface area contributed by atoms with Gasteiger partial charge < -0.3 is 10.6 Å². The highest BCUT2D eigenvalue weighted by Gasteiger charge is 2.17. The van der Waals surface area contributed by atoms with Crippen molar-refractivity contribution in [2.24, 2.45) is 0 Å². The number of nitrogen functional groups attached to an aromatic ring is 1. The van der Waals surface area contributed by atoms with E-state index in [0.29, 0.717) is 23.5 Å². The van der Waals surface area contributed by atoms with Gasteiger partial charge in [0, 0.05) is 17.9 Å². The number of halogens is 1. The molecule has 0 unspecified atom stereocenters. The van der Waals surface area contributed by atoms with Gasteiger partial charge in [-0.05, 0) is 43.3 Å². The van der Waals surface area contributed by atoms with Crippen LogP contribution in [0.4, 0.5) is 15.8 Å². The van der Waals surface area contributed by atoms with E-state index in [1.165, 1.54) is 12.1 Å². The van der Waals surface area contributed by atoms with E-state index in [-0.39, 0.29) is 11.7 Å². The molecule has 0 saturated heterocycles. The molecule has 0 aliphatic rings. The van der Waals surface area contributed by atoms with Crippen molar-refractivity contribution in [2.75, 3.05) is 17.2 Å². The minimum atomic E-state index is -0.327. The molecule has 2 rings (SSSR count). The molecule has 1 amide bonds. The summed E-state index contributed by atoms with van der Waals surface area (Å²) in [5.41, 5.74) is 7.35. The van der Waals surface area contributed by atoms with Crippen LogP contribution in [-0.4, -0.2) is 12.5 Å². The van der Waals surface area contributed by atoms with Crippen LogP contribution < -0.4 is 10.6 Å². The number of carbonyl (C=O) groups is 1. The summed E-state index contributed by atoms with van der Waals surface area (Å²) in [5.74, 6) is -0.515. The van der Waals surface area contributed by atoms with Gasteiger partial charge in [0.2, 0.25) is 0 Å². The quantitative estimate of drug-likeness (QED) is 0.860. The maximum absolute atomic E-state index is 12.9. The molecule has 0 fully saturated rings. The van der Waals surface area contributed by atoms with E-state index in [9.17, 15) is 9.18 Å². The predicted molar refractivity (Wildman–Crippen MR) is 74.6 cm³/mol. The van der Waals surface area contributed by atoms with E-state index >= 15 is 0 Å². The van der Waals surface area contributed by atoms with Gasteiger partial charge in [-0.3, -0.25) is 4.79 Å². The molecular weight excluding hydrogens is 243 g/mol. The van der Waals surface area contributed by atoms with Crippen LogP contribution in [0.15, 0.2) is 48.5 Å². The third-order valence-corrected chi connectivity index (χ3v) is 2.89. The van der Waals surface area contributed by atoms with Crippen molar-refractivity contribution in [2.45, 2.75) is 6.92 Å². The summed E-state index contributed by atoms with van der Waals surface area (Å²) in [4.78, 5) is 14.0. The van der Waals surface area contributed by atoms with Crippen LogP contribution in [0.2, 0.25) is 0 Å². The first-order valence-corrected chi connectivity index (χ1v) is 6.05. The Balaban J connectivity index is 2.35. The van der Waals surface area contributed by atoms with Crippen molar-refractivity contribution in [1.29, 1.82) is 0 Å². The Labute approximate surface area is 111 Å². The lowest BCUT2D eigenvalue weighted by molar-refractivity contribution is 0.0989. The topological polar surface area (TPSA) is 46.3 Å². The van der Waals surface area contributed by atoms with E-state index < -0.39 is 0 Å². The lowest BCUT2D eigenvalue weighted by Crippen LogP contribution is -2.31. The first-order chi connectivity index (χ1) is 9.13. The maximum Gasteiger partial charge on any atom is 0.260 e. The molecule has 0 aliphatic carbocycles. The van der Waals surface area contributed by atoms with Gasteiger partial charge in [0.05, 0.1) is 5.56 Å². The molecule has 0 atom stereocenters. The Bertz CT molecular complexity index is 581. The number of anilines is 2. The molecule has 2 aromatic carbocycles. The highest BCUT2D eigenvalue weighted by Crippen LogP contribution is 2.20. The van der Waals surface area contributed by atoms with Crippen molar-refractivity contribution >= 4 is 17.3 Å². The molecule has 98 valence electrons. The SMILES string of the molecule is CCN(C(=O)c1ccccc1N)c1ccc(F)cc1. The average molecular weight is 258 g/mol. The fraction of sp³-hybridized carbons (Fsp3) is 0.133. The van der Waals surface area contributed by atoms with Gasteiger partial charge in [0.25, 0.3) is 5.91 Å². The van der Waals surface area contributed by atoms with Crippen molar-refractivity contribution in [3.8, 4) is 0 Å². The normalized spacial score (nSPS) is 10.2. The molecule has 3 nitrogen and oxygen atoms in total. The van der Waals surface area contributed by atoms with Gasteiger partial charge in [-0.2, -0.15) is 0 Å². The second-order valence-electron chi connectivity index (χ2n) is 4.11. The number of hydrogen-bond donors (Lipinski definition) is 1. The lowest BCUT2D eigenvalue weighted by Gasteiger charge is -2.21. The van der Waals surface area contributed by atoms with Crippen molar-refractivity contribution in [3.05, 3.63) is 59.9 Å². The molecular formula is C15H15FN2O. The average Bonchev–Trinajstić information content (AvgIpc) is 2.42. The third-order valence-electron chi connectivity index (χ3n) is 2.89. The number of amides is 1. The molecule has 0 aliphatic heterocycles. The summed E-state index contributed by atoms with van der Waals surface area (Å²) in [5, 5.41) is 0. The number of benzene rings is 2. The molecule has 0 heterocycles. The highest BCUT2D eigenvalue weighted by atomic mass is 19.1. The van der Waals surface area contributed by atoms with Crippen LogP contribution in [0.1, 0.15) is 17.3 Å². The third kappa shape index (κ3) is 2.73. The monoisotopic (exact) mass is 258 g/mol. The minimum absolute atomic E-state index is 0.188. The Morgan fingerprint density at radius 2 is 1.79 bits per heavy atom. The smallest absolute Gasteiger partial charge is 0.260 e. The number of nitrogens with two attached hydrogens (primary N) is 1. The predicted octanol–water partition coefficient (Wildman–Crippen LogP) is 3.07. The first kappa shape index (κ1) is 13.1. The van der Waals surface area contributed by atoms with Crippen LogP contribution in [0.5, 0.6) is 0 Å². The number of hydrogen-bond acceptors (Lipinski definition) is 2. The zero-order valence-electron chi connectivity index (χ0n) is 10.6. The number of rotatable bonds is 3. The van der Waals surface area contributed by atoms with E-state index in [2.05, 4.69) is 0 Å². The van der Waals surface area contributed by atoms with Gasteiger partial charge in [-0.1, -0.05) is 12.1 Å². The van der Waals surface area contributed by atoms with Gasteiger partial charge in [-0.15, -0.1) is 0 Å². The molecule has 19 heavy (non-hydrogen) atoms. The van der Waals surface area contributed by atoms with Gasteiger partial charge >= 0.3 is 0 Å². The van der Waals surface area contributed by atoms with Crippen LogP contribution in [0.25, 0.3) is 0 Å². The second-order valence-corrected chi connectivity index (χ2v) is 4.11. The molecule has 0 bridgehead atoms. The summed E-state index contributed by atoms with van der Waals surface area (Å²) in [6.07, 6.45) is 0. The van der Waals surface area contributed by atoms with Gasteiger partial charge in [-0.25, -0.2) is 4.39 Å². The van der Waals surface area contributed by atoms with Crippen LogP contribution in [-0.2, 0) is 0 Å². The zero-order chi connectivity index (χ0) is 13.8. The fourth-order valence-corrected chi connectivity index (χ4v) is 1.90. The lowest BCUT2D eigenvalue weighted by atomic mass is 10.1. The molecule has 0 spiro atoms. The zero-order valence-corrected chi connectivity index (χ0v) is 10.6. The minimum Gasteiger partial charge on any atom is -0.398 e. The highest BCUT2D eigenvalue weighted by molar-refractivity contribution is 6.09. The van der Waals surface area contributed by atoms with E-state index in [1.807, 2.05) is 6.92 Å². The van der Waals surface area contributed by atoms with E-state index in [4.69, 9.17) is 5.73 Å². The van der Waals surface area contributed by atoms with Crippen molar-refractivity contribution < 1.29 is 9.18 Å². The molecule has 0 radical (unpaired) electrons. The molecule has 4 heteroatoms. The number of nitrogens with zero attached hydrogens (tertiary/aromatic N) is 1. The summed E-state index contributed by atoms with van der Waals surface area (Å²) >= 11 is 0. The van der Waals surface area contributed by atoms with Crippen molar-refractivity contribution in [3.63, 3.8) is 0 Å². The maximum atomic E-state index is 12.9. The number of carbonyl (C=O) groups excluding carboxylic acids is 1. The molecule has 2 N–H and O–H groups in total. The van der Waals surface area contributed by atoms with E-state index in [1.54, 1.807) is 41.3 Å². The fourth-order valence-electron chi connectivity index (χ4n) is 1.90. The standard InChI is InChI=1S/C15H15FN2O/c1-2-18(12-9-7-11(16)8-10-12)15(19)13-5-3-4-6-14(13)17/h3-10H,2,17H2,1H3. The largest absolute Gasteiger partial charge is 0.398 e. The Kier molecular flexibility index (Phi) is 3.80. The van der Waals surface area contributed by atoms with E-state index in [0.717, 1.165) is 0 Å². The number of para-hydroxylation sites is 1. The molecule has 0 saturated carbocycles. The Morgan fingerprint density at radius 3 is 2.37 bits per heavy atom. The van der Waals surface area contributed by atoms with Gasteiger partial charge in [0.15, 0.2) is 0 Å². The van der Waals surface area contributed by atoms with Crippen LogP contribution in [0, 0.1) is 5.82 Å². The van der Waals surface area contributed by atoms with Crippen molar-refractivity contribution in [1.82, 2.24) is 0 Å². The Morgan fingerprint density at radius 1 is 1.16 bits per heavy atom. The Hall–Kier alpha value is -2.36. The summed E-state index contributed by atoms with van der Waals surface area (Å²) in [6.45, 7) is 2.35. The van der Waals surface area contributed by atoms with Crippen LogP contribution in [0.3, 0.4) is 0 Å². The summed E-state index contributed by atoms with van der Waals surface area (Å²) in [6, 6.07) is 12.7.